The molecule has 0 N–H and O–H groups in total. The minimum Gasteiger partial charge on any atom is -0.339 e. The summed E-state index contributed by atoms with van der Waals surface area (Å²) in [4.78, 5) is 39.8. The first-order valence-electron chi connectivity index (χ1n) is 9.71. The predicted molar refractivity (Wildman–Crippen MR) is 107 cm³/mol. The van der Waals surface area contributed by atoms with Crippen molar-refractivity contribution < 1.29 is 9.59 Å². The van der Waals surface area contributed by atoms with E-state index in [1.54, 1.807) is 23.4 Å². The number of benzene rings is 1. The van der Waals surface area contributed by atoms with Crippen LogP contribution in [0.2, 0.25) is 0 Å². The van der Waals surface area contributed by atoms with Gasteiger partial charge in [0.2, 0.25) is 17.8 Å². The Morgan fingerprint density at radius 3 is 2.43 bits per heavy atom. The molecule has 7 heteroatoms. The van der Waals surface area contributed by atoms with Gasteiger partial charge < -0.3 is 14.7 Å². The monoisotopic (exact) mass is 379 g/mol. The van der Waals surface area contributed by atoms with Crippen LogP contribution >= 0.6 is 0 Å². The van der Waals surface area contributed by atoms with Crippen molar-refractivity contribution in [2.45, 2.75) is 20.3 Å². The molecule has 2 amide bonds. The van der Waals surface area contributed by atoms with E-state index >= 15 is 0 Å². The molecule has 7 nitrogen and oxygen atoms in total. The van der Waals surface area contributed by atoms with Crippen LogP contribution < -0.4 is 9.80 Å². The van der Waals surface area contributed by atoms with E-state index in [0.717, 1.165) is 11.3 Å². The average Bonchev–Trinajstić information content (AvgIpc) is 3.12. The number of hydrogen-bond donors (Lipinski definition) is 0. The van der Waals surface area contributed by atoms with Crippen molar-refractivity contribution in [2.24, 2.45) is 5.92 Å². The van der Waals surface area contributed by atoms with Crippen LogP contribution in [0.5, 0.6) is 0 Å². The molecule has 0 radical (unpaired) electrons. The number of hydrogen-bond acceptors (Lipinski definition) is 5. The number of carbonyl (C=O) groups is 2. The molecule has 2 aliphatic heterocycles. The van der Waals surface area contributed by atoms with Gasteiger partial charge in [-0.1, -0.05) is 6.07 Å². The van der Waals surface area contributed by atoms with Gasteiger partial charge in [-0.15, -0.1) is 0 Å². The lowest BCUT2D eigenvalue weighted by atomic mass is 10.1. The van der Waals surface area contributed by atoms with Crippen molar-refractivity contribution in [1.29, 1.82) is 0 Å². The highest BCUT2D eigenvalue weighted by Gasteiger charge is 2.38. The maximum Gasteiger partial charge on any atom is 0.228 e. The Morgan fingerprint density at radius 1 is 1.04 bits per heavy atom. The van der Waals surface area contributed by atoms with Crippen molar-refractivity contribution in [3.05, 3.63) is 47.8 Å². The lowest BCUT2D eigenvalue weighted by molar-refractivity contribution is -0.136. The first kappa shape index (κ1) is 18.4. The second-order valence-electron chi connectivity index (χ2n) is 7.54. The molecule has 2 fully saturated rings. The van der Waals surface area contributed by atoms with Crippen molar-refractivity contribution >= 4 is 23.5 Å². The third-order valence-electron chi connectivity index (χ3n) is 5.70. The van der Waals surface area contributed by atoms with Crippen molar-refractivity contribution in [3.63, 3.8) is 0 Å². The van der Waals surface area contributed by atoms with Gasteiger partial charge in [-0.2, -0.15) is 0 Å². The quantitative estimate of drug-likeness (QED) is 0.813. The van der Waals surface area contributed by atoms with E-state index in [4.69, 9.17) is 0 Å². The average molecular weight is 379 g/mol. The molecule has 0 spiro atoms. The summed E-state index contributed by atoms with van der Waals surface area (Å²) >= 11 is 0. The zero-order valence-corrected chi connectivity index (χ0v) is 16.3. The summed E-state index contributed by atoms with van der Waals surface area (Å²) in [6.07, 6.45) is 3.74. The first-order valence-corrected chi connectivity index (χ1v) is 9.71. The molecule has 0 bridgehead atoms. The minimum atomic E-state index is -0.270. The second-order valence-corrected chi connectivity index (χ2v) is 7.54. The van der Waals surface area contributed by atoms with Gasteiger partial charge in [-0.3, -0.25) is 9.59 Å². The number of aryl methyl sites for hydroxylation is 2. The van der Waals surface area contributed by atoms with Crippen LogP contribution in [0.1, 0.15) is 17.5 Å². The molecule has 0 aliphatic carbocycles. The summed E-state index contributed by atoms with van der Waals surface area (Å²) in [6, 6.07) is 7.81. The third kappa shape index (κ3) is 3.56. The Morgan fingerprint density at radius 2 is 1.75 bits per heavy atom. The van der Waals surface area contributed by atoms with E-state index < -0.39 is 0 Å². The van der Waals surface area contributed by atoms with Gasteiger partial charge in [0, 0.05) is 57.2 Å². The van der Waals surface area contributed by atoms with Gasteiger partial charge >= 0.3 is 0 Å². The molecule has 1 atom stereocenters. The predicted octanol–water partition coefficient (Wildman–Crippen LogP) is 1.80. The van der Waals surface area contributed by atoms with Gasteiger partial charge in [0.05, 0.1) is 5.92 Å². The molecule has 146 valence electrons. The Kier molecular flexibility index (Phi) is 4.98. The molecular weight excluding hydrogens is 354 g/mol. The summed E-state index contributed by atoms with van der Waals surface area (Å²) in [5.41, 5.74) is 3.23. The van der Waals surface area contributed by atoms with E-state index in [-0.39, 0.29) is 24.2 Å². The molecule has 1 aromatic heterocycles. The fourth-order valence-corrected chi connectivity index (χ4v) is 3.86. The number of piperazine rings is 1. The zero-order valence-electron chi connectivity index (χ0n) is 16.3. The van der Waals surface area contributed by atoms with Crippen LogP contribution in [0.4, 0.5) is 11.6 Å². The Bertz CT molecular complexity index is 878. The maximum absolute atomic E-state index is 13.0. The number of amides is 2. The number of nitrogens with zero attached hydrogens (tertiary/aromatic N) is 5. The summed E-state index contributed by atoms with van der Waals surface area (Å²) in [6.45, 7) is 7.23. The van der Waals surface area contributed by atoms with E-state index in [1.807, 2.05) is 30.0 Å². The van der Waals surface area contributed by atoms with Crippen LogP contribution in [0, 0.1) is 19.8 Å². The number of carbonyl (C=O) groups excluding carboxylic acids is 2. The van der Waals surface area contributed by atoms with E-state index in [2.05, 4.69) is 21.8 Å². The molecule has 4 rings (SSSR count). The lowest BCUT2D eigenvalue weighted by Gasteiger charge is -2.35. The molecule has 2 aliphatic rings. The molecular formula is C21H25N5O2. The fourth-order valence-electron chi connectivity index (χ4n) is 3.86. The minimum absolute atomic E-state index is 0.0259. The van der Waals surface area contributed by atoms with Gasteiger partial charge in [-0.25, -0.2) is 9.97 Å². The number of aromatic nitrogens is 2. The molecule has 28 heavy (non-hydrogen) atoms. The van der Waals surface area contributed by atoms with Crippen LogP contribution in [0.15, 0.2) is 36.7 Å². The highest BCUT2D eigenvalue weighted by atomic mass is 16.2. The highest BCUT2D eigenvalue weighted by molar-refractivity contribution is 6.00. The Hall–Kier alpha value is -2.96. The van der Waals surface area contributed by atoms with Gasteiger partial charge in [0.1, 0.15) is 0 Å². The molecule has 3 heterocycles. The third-order valence-corrected chi connectivity index (χ3v) is 5.70. The second kappa shape index (κ2) is 7.58. The van der Waals surface area contributed by atoms with E-state index in [1.165, 1.54) is 5.56 Å². The number of rotatable bonds is 3. The summed E-state index contributed by atoms with van der Waals surface area (Å²) < 4.78 is 0. The maximum atomic E-state index is 13.0. The summed E-state index contributed by atoms with van der Waals surface area (Å²) in [5, 5.41) is 0. The van der Waals surface area contributed by atoms with Gasteiger partial charge in [0.15, 0.2) is 0 Å². The van der Waals surface area contributed by atoms with Crippen molar-refractivity contribution in [3.8, 4) is 0 Å². The zero-order chi connectivity index (χ0) is 19.7. The lowest BCUT2D eigenvalue weighted by Crippen LogP contribution is -2.51. The topological polar surface area (TPSA) is 69.6 Å². The molecule has 1 aromatic carbocycles. The van der Waals surface area contributed by atoms with Crippen LogP contribution in [0.3, 0.4) is 0 Å². The first-order chi connectivity index (χ1) is 13.5. The normalized spacial score (nSPS) is 20.0. The number of anilines is 2. The SMILES string of the molecule is Cc1ccc(N2CC(C(=O)N3CCN(c4ncccn4)CC3)CC2=O)cc1C. The summed E-state index contributed by atoms with van der Waals surface area (Å²) in [5.74, 6) is 0.534. The highest BCUT2D eigenvalue weighted by Crippen LogP contribution is 2.28. The van der Waals surface area contributed by atoms with Gasteiger partial charge in [0.25, 0.3) is 0 Å². The van der Waals surface area contributed by atoms with Crippen molar-refractivity contribution in [2.75, 3.05) is 42.5 Å². The standard InChI is InChI=1S/C21H25N5O2/c1-15-4-5-18(12-16(15)2)26-14-17(13-19(26)27)20(28)24-8-10-25(11-9-24)21-22-6-3-7-23-21/h3-7,12,17H,8-11,13-14H2,1-2H3. The Balaban J connectivity index is 1.38. The smallest absolute Gasteiger partial charge is 0.228 e. The Labute approximate surface area is 165 Å². The summed E-state index contributed by atoms with van der Waals surface area (Å²) in [7, 11) is 0. The molecule has 2 saturated heterocycles. The largest absolute Gasteiger partial charge is 0.339 e. The van der Waals surface area contributed by atoms with E-state index in [9.17, 15) is 9.59 Å². The van der Waals surface area contributed by atoms with Gasteiger partial charge in [-0.05, 0) is 43.2 Å². The fraction of sp³-hybridized carbons (Fsp3) is 0.429. The van der Waals surface area contributed by atoms with Crippen LogP contribution in [0.25, 0.3) is 0 Å². The van der Waals surface area contributed by atoms with Crippen LogP contribution in [-0.2, 0) is 9.59 Å². The molecule has 0 saturated carbocycles. The van der Waals surface area contributed by atoms with E-state index in [0.29, 0.717) is 38.7 Å². The molecule has 1 unspecified atom stereocenters. The molecule has 2 aromatic rings. The van der Waals surface area contributed by atoms with Crippen LogP contribution in [-0.4, -0.2) is 59.4 Å². The van der Waals surface area contributed by atoms with Crippen molar-refractivity contribution in [1.82, 2.24) is 14.9 Å².